The van der Waals surface area contributed by atoms with Crippen LogP contribution in [-0.4, -0.2) is 55.0 Å². The molecule has 2 fully saturated rings. The summed E-state index contributed by atoms with van der Waals surface area (Å²) in [5.41, 5.74) is 6.09. The molecule has 0 aromatic heterocycles. The topological polar surface area (TPSA) is 26.8 Å². The number of aryl methyl sites for hydroxylation is 1. The Bertz CT molecular complexity index is 816. The van der Waals surface area contributed by atoms with E-state index in [0.29, 0.717) is 0 Å². The van der Waals surface area contributed by atoms with Crippen molar-refractivity contribution in [2.75, 3.05) is 44.2 Å². The highest BCUT2D eigenvalue weighted by molar-refractivity contribution is 5.94. The Kier molecular flexibility index (Phi) is 5.67. The summed E-state index contributed by atoms with van der Waals surface area (Å²) in [6, 6.07) is 14.7. The smallest absolute Gasteiger partial charge is 0.253 e. The Labute approximate surface area is 168 Å². The summed E-state index contributed by atoms with van der Waals surface area (Å²) in [7, 11) is 0. The lowest BCUT2D eigenvalue weighted by Gasteiger charge is -2.37. The number of amides is 1. The molecule has 4 rings (SSSR count). The number of likely N-dealkylation sites (tertiary alicyclic amines) is 1. The van der Waals surface area contributed by atoms with E-state index in [1.54, 1.807) is 0 Å². The number of piperazine rings is 1. The SMILES string of the molecule is Cc1cccc(N2CCN(C(=O)c3ccc(CN4CCCC4)cc3)CC2)c1C. The van der Waals surface area contributed by atoms with Crippen molar-refractivity contribution in [2.45, 2.75) is 33.2 Å². The van der Waals surface area contributed by atoms with E-state index in [0.717, 1.165) is 38.3 Å². The number of carbonyl (C=O) groups is 1. The first-order chi connectivity index (χ1) is 13.6. The van der Waals surface area contributed by atoms with Crippen LogP contribution in [-0.2, 0) is 6.54 Å². The molecule has 0 saturated carbocycles. The zero-order valence-electron chi connectivity index (χ0n) is 17.2. The van der Waals surface area contributed by atoms with Crippen LogP contribution >= 0.6 is 0 Å². The van der Waals surface area contributed by atoms with Gasteiger partial charge in [-0.05, 0) is 74.7 Å². The predicted molar refractivity (Wildman–Crippen MR) is 115 cm³/mol. The van der Waals surface area contributed by atoms with E-state index in [1.165, 1.54) is 48.3 Å². The van der Waals surface area contributed by atoms with Crippen LogP contribution < -0.4 is 4.90 Å². The molecule has 0 N–H and O–H groups in total. The largest absolute Gasteiger partial charge is 0.368 e. The molecule has 28 heavy (non-hydrogen) atoms. The molecule has 2 saturated heterocycles. The van der Waals surface area contributed by atoms with Gasteiger partial charge in [0.1, 0.15) is 0 Å². The van der Waals surface area contributed by atoms with Gasteiger partial charge < -0.3 is 9.80 Å². The Morgan fingerprint density at radius 2 is 1.54 bits per heavy atom. The lowest BCUT2D eigenvalue weighted by atomic mass is 10.1. The van der Waals surface area contributed by atoms with E-state index in [-0.39, 0.29) is 5.91 Å². The third-order valence-corrected chi connectivity index (χ3v) is 6.29. The normalized spacial score (nSPS) is 17.9. The number of anilines is 1. The van der Waals surface area contributed by atoms with Crippen molar-refractivity contribution in [1.29, 1.82) is 0 Å². The Morgan fingerprint density at radius 1 is 0.857 bits per heavy atom. The molecule has 148 valence electrons. The highest BCUT2D eigenvalue weighted by Crippen LogP contribution is 2.24. The monoisotopic (exact) mass is 377 g/mol. The van der Waals surface area contributed by atoms with Crippen LogP contribution in [0.3, 0.4) is 0 Å². The second-order valence-corrected chi connectivity index (χ2v) is 8.18. The standard InChI is InChI=1S/C24H31N3O/c1-19-6-5-7-23(20(19)2)26-14-16-27(17-15-26)24(28)22-10-8-21(9-11-22)18-25-12-3-4-13-25/h5-11H,3-4,12-18H2,1-2H3. The van der Waals surface area contributed by atoms with E-state index in [9.17, 15) is 4.79 Å². The number of rotatable bonds is 4. The van der Waals surface area contributed by atoms with Crippen LogP contribution in [0.2, 0.25) is 0 Å². The van der Waals surface area contributed by atoms with Gasteiger partial charge >= 0.3 is 0 Å². The highest BCUT2D eigenvalue weighted by atomic mass is 16.2. The summed E-state index contributed by atoms with van der Waals surface area (Å²) in [5.74, 6) is 0.160. The fourth-order valence-corrected chi connectivity index (χ4v) is 4.36. The molecule has 0 unspecified atom stereocenters. The lowest BCUT2D eigenvalue weighted by Crippen LogP contribution is -2.49. The van der Waals surface area contributed by atoms with Crippen LogP contribution in [0.25, 0.3) is 0 Å². The number of nitrogens with zero attached hydrogens (tertiary/aromatic N) is 3. The molecule has 0 aliphatic carbocycles. The maximum absolute atomic E-state index is 12.9. The Morgan fingerprint density at radius 3 is 2.21 bits per heavy atom. The fraction of sp³-hybridized carbons (Fsp3) is 0.458. The fourth-order valence-electron chi connectivity index (χ4n) is 4.36. The second kappa shape index (κ2) is 8.36. The minimum absolute atomic E-state index is 0.160. The Balaban J connectivity index is 1.35. The molecular formula is C24H31N3O. The molecule has 0 atom stereocenters. The molecule has 0 spiro atoms. The van der Waals surface area contributed by atoms with Gasteiger partial charge in [-0.3, -0.25) is 9.69 Å². The molecular weight excluding hydrogens is 346 g/mol. The second-order valence-electron chi connectivity index (χ2n) is 8.18. The summed E-state index contributed by atoms with van der Waals surface area (Å²) in [6.45, 7) is 11.1. The molecule has 4 heteroatoms. The van der Waals surface area contributed by atoms with Crippen molar-refractivity contribution in [2.24, 2.45) is 0 Å². The molecule has 0 bridgehead atoms. The summed E-state index contributed by atoms with van der Waals surface area (Å²) in [4.78, 5) is 19.8. The molecule has 1 amide bonds. The van der Waals surface area contributed by atoms with Crippen LogP contribution in [0.5, 0.6) is 0 Å². The predicted octanol–water partition coefficient (Wildman–Crippen LogP) is 3.86. The first-order valence-electron chi connectivity index (χ1n) is 10.5. The lowest BCUT2D eigenvalue weighted by molar-refractivity contribution is 0.0746. The molecule has 2 aliphatic rings. The van der Waals surface area contributed by atoms with Gasteiger partial charge in [0.05, 0.1) is 0 Å². The van der Waals surface area contributed by atoms with Crippen molar-refractivity contribution in [3.05, 3.63) is 64.7 Å². The van der Waals surface area contributed by atoms with Crippen LogP contribution in [0.1, 0.15) is 39.9 Å². The molecule has 2 aliphatic heterocycles. The van der Waals surface area contributed by atoms with Gasteiger partial charge in [-0.2, -0.15) is 0 Å². The summed E-state index contributed by atoms with van der Waals surface area (Å²) in [6.07, 6.45) is 2.62. The van der Waals surface area contributed by atoms with Crippen molar-refractivity contribution >= 4 is 11.6 Å². The van der Waals surface area contributed by atoms with E-state index in [2.05, 4.69) is 54.0 Å². The van der Waals surface area contributed by atoms with E-state index >= 15 is 0 Å². The van der Waals surface area contributed by atoms with Crippen molar-refractivity contribution < 1.29 is 4.79 Å². The first-order valence-corrected chi connectivity index (χ1v) is 10.5. The van der Waals surface area contributed by atoms with Crippen LogP contribution in [0.15, 0.2) is 42.5 Å². The van der Waals surface area contributed by atoms with Gasteiger partial charge in [-0.15, -0.1) is 0 Å². The maximum atomic E-state index is 12.9. The minimum atomic E-state index is 0.160. The maximum Gasteiger partial charge on any atom is 0.253 e. The van der Waals surface area contributed by atoms with Crippen molar-refractivity contribution in [3.63, 3.8) is 0 Å². The molecule has 0 radical (unpaired) electrons. The molecule has 4 nitrogen and oxygen atoms in total. The van der Waals surface area contributed by atoms with Gasteiger partial charge in [0.2, 0.25) is 0 Å². The van der Waals surface area contributed by atoms with Crippen molar-refractivity contribution in [3.8, 4) is 0 Å². The van der Waals surface area contributed by atoms with Crippen LogP contribution in [0.4, 0.5) is 5.69 Å². The van der Waals surface area contributed by atoms with Gasteiger partial charge in [-0.1, -0.05) is 24.3 Å². The summed E-state index contributed by atoms with van der Waals surface area (Å²) >= 11 is 0. The average molecular weight is 378 g/mol. The number of hydrogen-bond acceptors (Lipinski definition) is 3. The molecule has 2 aromatic carbocycles. The van der Waals surface area contributed by atoms with Gasteiger partial charge in [0.25, 0.3) is 5.91 Å². The third kappa shape index (κ3) is 4.07. The minimum Gasteiger partial charge on any atom is -0.368 e. The summed E-state index contributed by atoms with van der Waals surface area (Å²) < 4.78 is 0. The Hall–Kier alpha value is -2.33. The molecule has 2 heterocycles. The number of carbonyl (C=O) groups excluding carboxylic acids is 1. The highest BCUT2D eigenvalue weighted by Gasteiger charge is 2.23. The van der Waals surface area contributed by atoms with E-state index in [4.69, 9.17) is 0 Å². The van der Waals surface area contributed by atoms with Gasteiger partial charge in [0.15, 0.2) is 0 Å². The van der Waals surface area contributed by atoms with Crippen LogP contribution in [0, 0.1) is 13.8 Å². The molecule has 2 aromatic rings. The van der Waals surface area contributed by atoms with Gasteiger partial charge in [-0.25, -0.2) is 0 Å². The number of benzene rings is 2. The first kappa shape index (κ1) is 19.0. The average Bonchev–Trinajstić information content (AvgIpc) is 3.23. The quantitative estimate of drug-likeness (QED) is 0.809. The third-order valence-electron chi connectivity index (χ3n) is 6.29. The zero-order chi connectivity index (χ0) is 19.5. The van der Waals surface area contributed by atoms with Crippen molar-refractivity contribution in [1.82, 2.24) is 9.80 Å². The van der Waals surface area contributed by atoms with E-state index in [1.807, 2.05) is 17.0 Å². The van der Waals surface area contributed by atoms with Gasteiger partial charge in [0, 0.05) is 44.0 Å². The summed E-state index contributed by atoms with van der Waals surface area (Å²) in [5, 5.41) is 0. The van der Waals surface area contributed by atoms with E-state index < -0.39 is 0 Å². The zero-order valence-corrected chi connectivity index (χ0v) is 17.2. The number of hydrogen-bond donors (Lipinski definition) is 0.